The predicted molar refractivity (Wildman–Crippen MR) is 104 cm³/mol. The number of rotatable bonds is 4. The molecule has 4 nitrogen and oxygen atoms in total. The third kappa shape index (κ3) is 3.56. The fourth-order valence-corrected chi connectivity index (χ4v) is 5.55. The Kier molecular flexibility index (Phi) is 4.99. The normalized spacial score (nSPS) is 20.0. The molecule has 1 unspecified atom stereocenters. The van der Waals surface area contributed by atoms with Crippen molar-refractivity contribution in [2.24, 2.45) is 0 Å². The summed E-state index contributed by atoms with van der Waals surface area (Å²) in [5.41, 5.74) is 4.73. The lowest BCUT2D eigenvalue weighted by Gasteiger charge is -2.33. The Balaban J connectivity index is 1.84. The first-order chi connectivity index (χ1) is 12.1. The topological polar surface area (TPSA) is 66.4 Å². The molecule has 0 amide bonds. The Labute approximate surface area is 156 Å². The number of fused-ring (bicyclic) bond motifs is 1. The second kappa shape index (κ2) is 6.80. The zero-order chi connectivity index (χ0) is 19.1. The lowest BCUT2D eigenvalue weighted by molar-refractivity contribution is 0.0317. The van der Waals surface area contributed by atoms with Crippen LogP contribution in [0.3, 0.4) is 0 Å². The van der Waals surface area contributed by atoms with Crippen molar-refractivity contribution in [3.05, 3.63) is 63.7 Å². The van der Waals surface area contributed by atoms with E-state index >= 15 is 0 Å². The van der Waals surface area contributed by atoms with Crippen molar-refractivity contribution in [1.82, 2.24) is 4.72 Å². The molecule has 0 aromatic heterocycles. The molecule has 0 radical (unpaired) electrons. The molecule has 0 fully saturated rings. The fraction of sp³-hybridized carbons (Fsp3) is 0.429. The van der Waals surface area contributed by atoms with E-state index < -0.39 is 15.6 Å². The van der Waals surface area contributed by atoms with Crippen LogP contribution in [0.4, 0.5) is 0 Å². The molecule has 1 aliphatic rings. The Morgan fingerprint density at radius 1 is 1.04 bits per heavy atom. The van der Waals surface area contributed by atoms with Gasteiger partial charge in [-0.25, -0.2) is 13.1 Å². The molecule has 3 rings (SSSR count). The van der Waals surface area contributed by atoms with Crippen molar-refractivity contribution in [3.8, 4) is 0 Å². The highest BCUT2D eigenvalue weighted by atomic mass is 32.2. The van der Waals surface area contributed by atoms with E-state index in [1.165, 1.54) is 5.56 Å². The van der Waals surface area contributed by atoms with Gasteiger partial charge in [0.1, 0.15) is 0 Å². The second-order valence-electron chi connectivity index (χ2n) is 7.58. The molecule has 2 N–H and O–H groups in total. The summed E-state index contributed by atoms with van der Waals surface area (Å²) >= 11 is 0. The maximum atomic E-state index is 13.0. The molecule has 140 valence electrons. The summed E-state index contributed by atoms with van der Waals surface area (Å²) in [6.07, 6.45) is 1.78. The first-order valence-electron chi connectivity index (χ1n) is 8.99. The van der Waals surface area contributed by atoms with Gasteiger partial charge in [0, 0.05) is 13.0 Å². The van der Waals surface area contributed by atoms with Crippen LogP contribution >= 0.6 is 0 Å². The lowest BCUT2D eigenvalue weighted by Crippen LogP contribution is -2.46. The predicted octanol–water partition coefficient (Wildman–Crippen LogP) is 3.12. The Morgan fingerprint density at radius 3 is 2.23 bits per heavy atom. The van der Waals surface area contributed by atoms with Crippen molar-refractivity contribution in [3.63, 3.8) is 0 Å². The standard InChI is InChI=1S/C21H27NO3S/c1-14-11-15(2)17(4)20(16(14)3)26(24,25)22-13-21(23)10-9-18-7-5-6-8-19(18)12-21/h5-8,11,22-23H,9-10,12-13H2,1-4H3. The number of aliphatic hydroxyl groups is 1. The summed E-state index contributed by atoms with van der Waals surface area (Å²) in [6.45, 7) is 7.54. The highest BCUT2D eigenvalue weighted by molar-refractivity contribution is 7.89. The number of hydrogen-bond donors (Lipinski definition) is 2. The van der Waals surface area contributed by atoms with Crippen LogP contribution < -0.4 is 4.72 Å². The third-order valence-electron chi connectivity index (χ3n) is 5.65. The average Bonchev–Trinajstić information content (AvgIpc) is 2.58. The largest absolute Gasteiger partial charge is 0.388 e. The quantitative estimate of drug-likeness (QED) is 0.865. The summed E-state index contributed by atoms with van der Waals surface area (Å²) in [5.74, 6) is 0. The molecule has 0 aliphatic heterocycles. The summed E-state index contributed by atoms with van der Waals surface area (Å²) in [5, 5.41) is 10.9. The number of sulfonamides is 1. The van der Waals surface area contributed by atoms with E-state index in [0.717, 1.165) is 34.2 Å². The lowest BCUT2D eigenvalue weighted by atomic mass is 9.80. The summed E-state index contributed by atoms with van der Waals surface area (Å²) in [7, 11) is -3.69. The van der Waals surface area contributed by atoms with Gasteiger partial charge in [-0.05, 0) is 73.9 Å². The van der Waals surface area contributed by atoms with Crippen molar-refractivity contribution < 1.29 is 13.5 Å². The minimum atomic E-state index is -3.69. The Hall–Kier alpha value is -1.69. The highest BCUT2D eigenvalue weighted by Crippen LogP contribution is 2.30. The molecular weight excluding hydrogens is 346 g/mol. The van der Waals surface area contributed by atoms with Gasteiger partial charge in [-0.3, -0.25) is 0 Å². The van der Waals surface area contributed by atoms with Gasteiger partial charge in [-0.2, -0.15) is 0 Å². The zero-order valence-corrected chi connectivity index (χ0v) is 16.7. The van der Waals surface area contributed by atoms with Crippen molar-refractivity contribution in [2.45, 2.75) is 57.5 Å². The van der Waals surface area contributed by atoms with E-state index in [1.54, 1.807) is 0 Å². The molecule has 1 atom stereocenters. The van der Waals surface area contributed by atoms with Gasteiger partial charge in [0.2, 0.25) is 10.0 Å². The van der Waals surface area contributed by atoms with E-state index in [9.17, 15) is 13.5 Å². The summed E-state index contributed by atoms with van der Waals surface area (Å²) in [4.78, 5) is 0.342. The van der Waals surface area contributed by atoms with Crippen LogP contribution in [0.1, 0.15) is 39.8 Å². The van der Waals surface area contributed by atoms with Gasteiger partial charge < -0.3 is 5.11 Å². The number of benzene rings is 2. The molecule has 0 saturated carbocycles. The van der Waals surface area contributed by atoms with Crippen molar-refractivity contribution in [2.75, 3.05) is 6.54 Å². The molecule has 26 heavy (non-hydrogen) atoms. The summed E-state index contributed by atoms with van der Waals surface area (Å²) < 4.78 is 28.6. The second-order valence-corrected chi connectivity index (χ2v) is 9.29. The van der Waals surface area contributed by atoms with Crippen LogP contribution in [0.5, 0.6) is 0 Å². The first kappa shape index (κ1) is 19.1. The molecule has 1 aliphatic carbocycles. The van der Waals surface area contributed by atoms with Crippen molar-refractivity contribution in [1.29, 1.82) is 0 Å². The van der Waals surface area contributed by atoms with Gasteiger partial charge in [-0.15, -0.1) is 0 Å². The number of aryl methyl sites for hydroxylation is 3. The molecule has 0 heterocycles. The minimum Gasteiger partial charge on any atom is -0.388 e. The molecular formula is C21H27NO3S. The number of nitrogens with one attached hydrogen (secondary N) is 1. The molecule has 5 heteroatoms. The van der Waals surface area contributed by atoms with Crippen LogP contribution in [0.15, 0.2) is 35.2 Å². The zero-order valence-electron chi connectivity index (χ0n) is 15.9. The van der Waals surface area contributed by atoms with E-state index in [2.05, 4.69) is 10.8 Å². The fourth-order valence-electron chi connectivity index (χ4n) is 3.82. The molecule has 0 spiro atoms. The maximum Gasteiger partial charge on any atom is 0.241 e. The van der Waals surface area contributed by atoms with E-state index in [4.69, 9.17) is 0 Å². The molecule has 2 aromatic carbocycles. The van der Waals surface area contributed by atoms with E-state index in [0.29, 0.717) is 17.7 Å². The molecule has 0 saturated heterocycles. The van der Waals surface area contributed by atoms with Gasteiger partial charge in [-0.1, -0.05) is 30.3 Å². The molecule has 0 bridgehead atoms. The molecule has 2 aromatic rings. The minimum absolute atomic E-state index is 0.0234. The van der Waals surface area contributed by atoms with Crippen LogP contribution in [-0.2, 0) is 22.9 Å². The smallest absolute Gasteiger partial charge is 0.241 e. The van der Waals surface area contributed by atoms with Crippen LogP contribution in [0.2, 0.25) is 0 Å². The van der Waals surface area contributed by atoms with Gasteiger partial charge >= 0.3 is 0 Å². The van der Waals surface area contributed by atoms with Gasteiger partial charge in [0.25, 0.3) is 0 Å². The SMILES string of the molecule is Cc1cc(C)c(C)c(S(=O)(=O)NCC2(O)CCc3ccccc3C2)c1C. The third-order valence-corrected chi connectivity index (χ3v) is 7.33. The van der Waals surface area contributed by atoms with Gasteiger partial charge in [0.05, 0.1) is 10.5 Å². The van der Waals surface area contributed by atoms with Crippen molar-refractivity contribution >= 4 is 10.0 Å². The van der Waals surface area contributed by atoms with E-state index in [-0.39, 0.29) is 6.54 Å². The first-order valence-corrected chi connectivity index (χ1v) is 10.5. The van der Waals surface area contributed by atoms with Crippen LogP contribution in [-0.4, -0.2) is 25.7 Å². The Morgan fingerprint density at radius 2 is 1.62 bits per heavy atom. The summed E-state index contributed by atoms with van der Waals surface area (Å²) in [6, 6.07) is 10.0. The highest BCUT2D eigenvalue weighted by Gasteiger charge is 2.34. The average molecular weight is 374 g/mol. The van der Waals surface area contributed by atoms with E-state index in [1.807, 2.05) is 52.0 Å². The maximum absolute atomic E-state index is 13.0. The van der Waals surface area contributed by atoms with Crippen LogP contribution in [0.25, 0.3) is 0 Å². The van der Waals surface area contributed by atoms with Crippen LogP contribution in [0, 0.1) is 27.7 Å². The number of hydrogen-bond acceptors (Lipinski definition) is 3. The Bertz CT molecular complexity index is 924. The monoisotopic (exact) mass is 373 g/mol. The van der Waals surface area contributed by atoms with Gasteiger partial charge in [0.15, 0.2) is 0 Å².